The molecule has 0 spiro atoms. The second-order valence-electron chi connectivity index (χ2n) is 3.12. The molecule has 2 N–H and O–H groups in total. The Balaban J connectivity index is 2.10. The summed E-state index contributed by atoms with van der Waals surface area (Å²) >= 11 is 13.1. The number of hydrogen-bond donors (Lipinski definition) is 1. The van der Waals surface area contributed by atoms with E-state index >= 15 is 0 Å². The molecule has 0 saturated carbocycles. The molecule has 2 heterocycles. The first kappa shape index (κ1) is 12.4. The lowest BCUT2D eigenvalue weighted by Crippen LogP contribution is -1.95. The predicted molar refractivity (Wildman–Crippen MR) is 70.3 cm³/mol. The molecule has 0 bridgehead atoms. The van der Waals surface area contributed by atoms with E-state index < -0.39 is 0 Å². The highest BCUT2D eigenvalue weighted by molar-refractivity contribution is 7.98. The van der Waals surface area contributed by atoms with Gasteiger partial charge in [0.2, 0.25) is 0 Å². The summed E-state index contributed by atoms with van der Waals surface area (Å²) in [5.41, 5.74) is 6.56. The summed E-state index contributed by atoms with van der Waals surface area (Å²) in [6, 6.07) is 3.53. The molecule has 7 heteroatoms. The lowest BCUT2D eigenvalue weighted by Gasteiger charge is -2.04. The van der Waals surface area contributed by atoms with Crippen LogP contribution in [0.1, 0.15) is 5.56 Å². The van der Waals surface area contributed by atoms with Crippen LogP contribution in [-0.2, 0) is 5.75 Å². The molecule has 2 aromatic heterocycles. The maximum Gasteiger partial charge on any atom is 0.156 e. The van der Waals surface area contributed by atoms with Crippen LogP contribution in [0.2, 0.25) is 10.3 Å². The Morgan fingerprint density at radius 2 is 1.94 bits per heavy atom. The van der Waals surface area contributed by atoms with Gasteiger partial charge < -0.3 is 5.73 Å². The van der Waals surface area contributed by atoms with E-state index in [-0.39, 0.29) is 0 Å². The first-order valence-corrected chi connectivity index (χ1v) is 6.41. The largest absolute Gasteiger partial charge is 0.381 e. The Kier molecular flexibility index (Phi) is 4.04. The summed E-state index contributed by atoms with van der Waals surface area (Å²) in [6.07, 6.45) is 3.15. The van der Waals surface area contributed by atoms with Crippen molar-refractivity contribution in [2.24, 2.45) is 0 Å². The van der Waals surface area contributed by atoms with Crippen LogP contribution in [0.5, 0.6) is 0 Å². The van der Waals surface area contributed by atoms with E-state index in [2.05, 4.69) is 15.0 Å². The van der Waals surface area contributed by atoms with Gasteiger partial charge >= 0.3 is 0 Å². The normalized spacial score (nSPS) is 10.5. The van der Waals surface area contributed by atoms with E-state index in [0.29, 0.717) is 26.9 Å². The lowest BCUT2D eigenvalue weighted by molar-refractivity contribution is 1.07. The third kappa shape index (κ3) is 3.21. The number of nitrogen functional groups attached to an aromatic ring is 1. The van der Waals surface area contributed by atoms with Crippen LogP contribution in [0.15, 0.2) is 29.6 Å². The Morgan fingerprint density at radius 3 is 2.65 bits per heavy atom. The molecule has 88 valence electrons. The fourth-order valence-electron chi connectivity index (χ4n) is 1.14. The van der Waals surface area contributed by atoms with Crippen molar-refractivity contribution in [1.82, 2.24) is 15.0 Å². The molecule has 0 saturated heterocycles. The predicted octanol–water partition coefficient (Wildman–Crippen LogP) is 3.05. The summed E-state index contributed by atoms with van der Waals surface area (Å²) in [5.74, 6) is 1.03. The minimum absolute atomic E-state index is 0.378. The maximum absolute atomic E-state index is 5.96. The Bertz CT molecular complexity index is 535. The van der Waals surface area contributed by atoms with Crippen molar-refractivity contribution in [3.63, 3.8) is 0 Å². The number of rotatable bonds is 3. The SMILES string of the molecule is Nc1nccnc1SCc1ccc(Cl)nc1Cl. The standard InChI is InChI=1S/C10H8Cl2N4S/c11-7-2-1-6(8(12)16-7)5-17-10-9(13)14-3-4-15-10/h1-4H,5H2,(H2,13,14). The second-order valence-corrected chi connectivity index (χ2v) is 4.83. The molecule has 0 aliphatic heterocycles. The van der Waals surface area contributed by atoms with Gasteiger partial charge in [-0.3, -0.25) is 0 Å². The fourth-order valence-corrected chi connectivity index (χ4v) is 2.49. The molecular formula is C10H8Cl2N4S. The molecule has 2 rings (SSSR count). The van der Waals surface area contributed by atoms with Crippen LogP contribution in [0.3, 0.4) is 0 Å². The molecular weight excluding hydrogens is 279 g/mol. The van der Waals surface area contributed by atoms with Gasteiger partial charge in [-0.15, -0.1) is 0 Å². The number of thioether (sulfide) groups is 1. The van der Waals surface area contributed by atoms with Gasteiger partial charge in [0.15, 0.2) is 5.82 Å². The van der Waals surface area contributed by atoms with Crippen molar-refractivity contribution < 1.29 is 0 Å². The topological polar surface area (TPSA) is 64.7 Å². The van der Waals surface area contributed by atoms with E-state index in [1.54, 1.807) is 18.5 Å². The van der Waals surface area contributed by atoms with Crippen LogP contribution in [-0.4, -0.2) is 15.0 Å². The minimum atomic E-state index is 0.378. The second kappa shape index (κ2) is 5.53. The highest BCUT2D eigenvalue weighted by Gasteiger charge is 2.06. The molecule has 0 aliphatic rings. The smallest absolute Gasteiger partial charge is 0.156 e. The highest BCUT2D eigenvalue weighted by atomic mass is 35.5. The molecule has 4 nitrogen and oxygen atoms in total. The van der Waals surface area contributed by atoms with Gasteiger partial charge in [0.1, 0.15) is 15.3 Å². The van der Waals surface area contributed by atoms with Gasteiger partial charge in [0, 0.05) is 18.1 Å². The van der Waals surface area contributed by atoms with Crippen LogP contribution >= 0.6 is 35.0 Å². The highest BCUT2D eigenvalue weighted by Crippen LogP contribution is 2.27. The number of pyridine rings is 1. The Morgan fingerprint density at radius 1 is 1.18 bits per heavy atom. The van der Waals surface area contributed by atoms with Crippen LogP contribution in [0.25, 0.3) is 0 Å². The number of aromatic nitrogens is 3. The molecule has 0 fully saturated rings. The van der Waals surface area contributed by atoms with Gasteiger partial charge in [-0.1, -0.05) is 41.0 Å². The van der Waals surface area contributed by atoms with Crippen LogP contribution in [0, 0.1) is 0 Å². The summed E-state index contributed by atoms with van der Waals surface area (Å²) in [5, 5.41) is 1.45. The van der Waals surface area contributed by atoms with Crippen molar-refractivity contribution in [1.29, 1.82) is 0 Å². The van der Waals surface area contributed by atoms with Gasteiger partial charge in [0.05, 0.1) is 0 Å². The maximum atomic E-state index is 5.96. The zero-order valence-electron chi connectivity index (χ0n) is 8.60. The molecule has 2 aromatic rings. The zero-order chi connectivity index (χ0) is 12.3. The monoisotopic (exact) mass is 286 g/mol. The number of hydrogen-bond acceptors (Lipinski definition) is 5. The molecule has 0 amide bonds. The summed E-state index contributed by atoms with van der Waals surface area (Å²) in [6.45, 7) is 0. The Hall–Kier alpha value is -1.04. The fraction of sp³-hybridized carbons (Fsp3) is 0.100. The van der Waals surface area contributed by atoms with Gasteiger partial charge in [0.25, 0.3) is 0 Å². The van der Waals surface area contributed by atoms with E-state index in [0.717, 1.165) is 5.56 Å². The van der Waals surface area contributed by atoms with Crippen molar-refractivity contribution >= 4 is 40.8 Å². The quantitative estimate of drug-likeness (QED) is 0.694. The van der Waals surface area contributed by atoms with Crippen molar-refractivity contribution in [3.05, 3.63) is 40.4 Å². The van der Waals surface area contributed by atoms with Crippen molar-refractivity contribution in [3.8, 4) is 0 Å². The summed E-state index contributed by atoms with van der Waals surface area (Å²) < 4.78 is 0. The lowest BCUT2D eigenvalue weighted by atomic mass is 10.3. The van der Waals surface area contributed by atoms with Crippen molar-refractivity contribution in [2.45, 2.75) is 10.8 Å². The third-order valence-electron chi connectivity index (χ3n) is 1.95. The zero-order valence-corrected chi connectivity index (χ0v) is 10.9. The third-order valence-corrected chi connectivity index (χ3v) is 3.53. The van der Waals surface area contributed by atoms with E-state index in [1.807, 2.05) is 6.07 Å². The molecule has 0 unspecified atom stereocenters. The van der Waals surface area contributed by atoms with E-state index in [9.17, 15) is 0 Å². The van der Waals surface area contributed by atoms with Crippen LogP contribution < -0.4 is 5.73 Å². The first-order valence-electron chi connectivity index (χ1n) is 4.67. The minimum Gasteiger partial charge on any atom is -0.381 e. The summed E-state index contributed by atoms with van der Waals surface area (Å²) in [7, 11) is 0. The van der Waals surface area contributed by atoms with E-state index in [4.69, 9.17) is 28.9 Å². The molecule has 0 aromatic carbocycles. The number of halogens is 2. The van der Waals surface area contributed by atoms with Gasteiger partial charge in [-0.05, 0) is 11.6 Å². The first-order chi connectivity index (χ1) is 8.16. The molecule has 0 atom stereocenters. The molecule has 17 heavy (non-hydrogen) atoms. The average Bonchev–Trinajstić information content (AvgIpc) is 2.30. The van der Waals surface area contributed by atoms with Crippen molar-refractivity contribution in [2.75, 3.05) is 5.73 Å². The van der Waals surface area contributed by atoms with Gasteiger partial charge in [-0.2, -0.15) is 0 Å². The Labute approximate surface area is 113 Å². The molecule has 0 radical (unpaired) electrons. The average molecular weight is 287 g/mol. The summed E-state index contributed by atoms with van der Waals surface area (Å²) in [4.78, 5) is 12.0. The number of anilines is 1. The molecule has 0 aliphatic carbocycles. The van der Waals surface area contributed by atoms with Gasteiger partial charge in [-0.25, -0.2) is 15.0 Å². The number of nitrogens with two attached hydrogens (primary N) is 1. The van der Waals surface area contributed by atoms with E-state index in [1.165, 1.54) is 11.8 Å². The van der Waals surface area contributed by atoms with Crippen LogP contribution in [0.4, 0.5) is 5.82 Å². The number of nitrogens with zero attached hydrogens (tertiary/aromatic N) is 3.